The molecule has 5 nitrogen and oxygen atoms in total. The summed E-state index contributed by atoms with van der Waals surface area (Å²) in [6.07, 6.45) is 3.65. The molecule has 1 saturated carbocycles. The van der Waals surface area contributed by atoms with Crippen molar-refractivity contribution in [3.8, 4) is 11.5 Å². The van der Waals surface area contributed by atoms with Gasteiger partial charge in [-0.1, -0.05) is 11.6 Å². The van der Waals surface area contributed by atoms with Crippen LogP contribution in [0.15, 0.2) is 12.1 Å². The van der Waals surface area contributed by atoms with E-state index in [0.29, 0.717) is 10.8 Å². The Morgan fingerprint density at radius 3 is 2.62 bits per heavy atom. The van der Waals surface area contributed by atoms with E-state index in [-0.39, 0.29) is 23.5 Å². The highest BCUT2D eigenvalue weighted by atomic mass is 35.5. The third-order valence-electron chi connectivity index (χ3n) is 3.67. The highest BCUT2D eigenvalue weighted by molar-refractivity contribution is 6.31. The summed E-state index contributed by atoms with van der Waals surface area (Å²) >= 11 is 5.91. The SMILES string of the molecule is COc1cc(Cl)cc(C(=O)O)c1OC1CCCC(OC)C1. The number of carbonyl (C=O) groups is 1. The van der Waals surface area contributed by atoms with Crippen LogP contribution in [0.5, 0.6) is 11.5 Å². The van der Waals surface area contributed by atoms with Gasteiger partial charge in [-0.25, -0.2) is 4.79 Å². The summed E-state index contributed by atoms with van der Waals surface area (Å²) in [6.45, 7) is 0. The zero-order chi connectivity index (χ0) is 15.4. The highest BCUT2D eigenvalue weighted by Gasteiger charge is 2.26. The molecule has 0 bridgehead atoms. The molecule has 1 aliphatic rings. The van der Waals surface area contributed by atoms with Crippen LogP contribution in [0.25, 0.3) is 0 Å². The van der Waals surface area contributed by atoms with Crippen LogP contribution in [0.1, 0.15) is 36.0 Å². The van der Waals surface area contributed by atoms with E-state index in [4.69, 9.17) is 25.8 Å². The Morgan fingerprint density at radius 1 is 1.29 bits per heavy atom. The maximum atomic E-state index is 11.4. The number of hydrogen-bond acceptors (Lipinski definition) is 4. The van der Waals surface area contributed by atoms with Gasteiger partial charge in [-0.3, -0.25) is 0 Å². The first-order valence-electron chi connectivity index (χ1n) is 6.85. The molecule has 0 aromatic heterocycles. The number of methoxy groups -OCH3 is 2. The Kier molecular flexibility index (Phi) is 5.31. The van der Waals surface area contributed by atoms with Crippen LogP contribution in [0.3, 0.4) is 0 Å². The van der Waals surface area contributed by atoms with E-state index in [1.165, 1.54) is 13.2 Å². The fraction of sp³-hybridized carbons (Fsp3) is 0.533. The van der Waals surface area contributed by atoms with Crippen molar-refractivity contribution in [3.63, 3.8) is 0 Å². The number of halogens is 1. The van der Waals surface area contributed by atoms with E-state index in [1.807, 2.05) is 0 Å². The van der Waals surface area contributed by atoms with Gasteiger partial charge in [0.15, 0.2) is 11.5 Å². The fourth-order valence-electron chi connectivity index (χ4n) is 2.59. The van der Waals surface area contributed by atoms with Crippen LogP contribution in [0.2, 0.25) is 5.02 Å². The summed E-state index contributed by atoms with van der Waals surface area (Å²) in [5.41, 5.74) is 0.0129. The van der Waals surface area contributed by atoms with Crippen molar-refractivity contribution >= 4 is 17.6 Å². The Bertz CT molecular complexity index is 517. The lowest BCUT2D eigenvalue weighted by Gasteiger charge is -2.29. The molecule has 116 valence electrons. The first kappa shape index (κ1) is 15.9. The van der Waals surface area contributed by atoms with Crippen molar-refractivity contribution in [1.82, 2.24) is 0 Å². The number of hydrogen-bond donors (Lipinski definition) is 1. The van der Waals surface area contributed by atoms with Crippen molar-refractivity contribution in [2.45, 2.75) is 37.9 Å². The molecule has 0 radical (unpaired) electrons. The van der Waals surface area contributed by atoms with Crippen LogP contribution >= 0.6 is 11.6 Å². The number of aromatic carboxylic acids is 1. The van der Waals surface area contributed by atoms with Gasteiger partial charge in [0.25, 0.3) is 0 Å². The largest absolute Gasteiger partial charge is 0.493 e. The van der Waals surface area contributed by atoms with Crippen LogP contribution < -0.4 is 9.47 Å². The average Bonchev–Trinajstić information content (AvgIpc) is 2.48. The van der Waals surface area contributed by atoms with Gasteiger partial charge >= 0.3 is 5.97 Å². The summed E-state index contributed by atoms with van der Waals surface area (Å²) in [7, 11) is 3.14. The molecule has 1 N–H and O–H groups in total. The molecule has 1 aromatic rings. The zero-order valence-electron chi connectivity index (χ0n) is 12.1. The van der Waals surface area contributed by atoms with Crippen molar-refractivity contribution in [2.24, 2.45) is 0 Å². The lowest BCUT2D eigenvalue weighted by atomic mass is 9.95. The second-order valence-electron chi connectivity index (χ2n) is 5.05. The van der Waals surface area contributed by atoms with E-state index >= 15 is 0 Å². The minimum absolute atomic E-state index is 0.0129. The average molecular weight is 315 g/mol. The molecule has 0 spiro atoms. The number of ether oxygens (including phenoxy) is 3. The Hall–Kier alpha value is -1.46. The quantitative estimate of drug-likeness (QED) is 0.902. The minimum atomic E-state index is -1.09. The molecular formula is C15H19ClO5. The first-order valence-corrected chi connectivity index (χ1v) is 7.23. The van der Waals surface area contributed by atoms with Gasteiger partial charge in [0.1, 0.15) is 11.7 Å². The maximum Gasteiger partial charge on any atom is 0.339 e. The van der Waals surface area contributed by atoms with Crippen molar-refractivity contribution in [3.05, 3.63) is 22.7 Å². The standard InChI is InChI=1S/C15H19ClO5/c1-19-10-4-3-5-11(8-10)21-14-12(15(17)18)6-9(16)7-13(14)20-2/h6-7,10-11H,3-5,8H2,1-2H3,(H,17,18). The molecule has 1 aromatic carbocycles. The summed E-state index contributed by atoms with van der Waals surface area (Å²) in [4.78, 5) is 11.4. The Balaban J connectivity index is 2.27. The second kappa shape index (κ2) is 7.00. The van der Waals surface area contributed by atoms with Gasteiger partial charge in [-0.05, 0) is 25.3 Å². The van der Waals surface area contributed by atoms with Crippen LogP contribution in [0, 0.1) is 0 Å². The molecule has 1 aliphatic carbocycles. The third kappa shape index (κ3) is 3.80. The predicted octanol–water partition coefficient (Wildman–Crippen LogP) is 3.38. The number of benzene rings is 1. The molecule has 6 heteroatoms. The summed E-state index contributed by atoms with van der Waals surface area (Å²) < 4.78 is 16.5. The van der Waals surface area contributed by atoms with Crippen molar-refractivity contribution in [1.29, 1.82) is 0 Å². The van der Waals surface area contributed by atoms with Gasteiger partial charge < -0.3 is 19.3 Å². The van der Waals surface area contributed by atoms with Crippen molar-refractivity contribution in [2.75, 3.05) is 14.2 Å². The Morgan fingerprint density at radius 2 is 2.00 bits per heavy atom. The molecule has 2 atom stereocenters. The van der Waals surface area contributed by atoms with Gasteiger partial charge in [0, 0.05) is 24.6 Å². The van der Waals surface area contributed by atoms with E-state index in [9.17, 15) is 9.90 Å². The highest BCUT2D eigenvalue weighted by Crippen LogP contribution is 2.37. The normalized spacial score (nSPS) is 21.9. The van der Waals surface area contributed by atoms with Crippen molar-refractivity contribution < 1.29 is 24.1 Å². The fourth-order valence-corrected chi connectivity index (χ4v) is 2.80. The molecule has 0 amide bonds. The zero-order valence-corrected chi connectivity index (χ0v) is 12.9. The lowest BCUT2D eigenvalue weighted by molar-refractivity contribution is 0.0196. The minimum Gasteiger partial charge on any atom is -0.493 e. The van der Waals surface area contributed by atoms with E-state index in [0.717, 1.165) is 25.7 Å². The van der Waals surface area contributed by atoms with Gasteiger partial charge in [0.2, 0.25) is 0 Å². The van der Waals surface area contributed by atoms with E-state index in [1.54, 1.807) is 13.2 Å². The second-order valence-corrected chi connectivity index (χ2v) is 5.49. The molecular weight excluding hydrogens is 296 g/mol. The predicted molar refractivity (Wildman–Crippen MR) is 78.6 cm³/mol. The van der Waals surface area contributed by atoms with Gasteiger partial charge in [0.05, 0.1) is 13.2 Å². The van der Waals surface area contributed by atoms with Gasteiger partial charge in [-0.2, -0.15) is 0 Å². The molecule has 2 unspecified atom stereocenters. The third-order valence-corrected chi connectivity index (χ3v) is 3.88. The van der Waals surface area contributed by atoms with E-state index < -0.39 is 5.97 Å². The topological polar surface area (TPSA) is 65.0 Å². The molecule has 0 heterocycles. The molecule has 21 heavy (non-hydrogen) atoms. The first-order chi connectivity index (χ1) is 10.0. The summed E-state index contributed by atoms with van der Waals surface area (Å²) in [5.74, 6) is -0.527. The summed E-state index contributed by atoms with van der Waals surface area (Å²) in [5, 5.41) is 9.62. The number of carboxylic acid groups (broad SMARTS) is 1. The number of rotatable bonds is 5. The lowest BCUT2D eigenvalue weighted by Crippen LogP contribution is -2.30. The van der Waals surface area contributed by atoms with Crippen LogP contribution in [-0.4, -0.2) is 37.5 Å². The summed E-state index contributed by atoms with van der Waals surface area (Å²) in [6, 6.07) is 2.93. The van der Waals surface area contributed by atoms with Gasteiger partial charge in [-0.15, -0.1) is 0 Å². The molecule has 0 aliphatic heterocycles. The number of carboxylic acids is 1. The molecule has 2 rings (SSSR count). The Labute approximate surface area is 128 Å². The molecule has 1 fully saturated rings. The monoisotopic (exact) mass is 314 g/mol. The van der Waals surface area contributed by atoms with E-state index in [2.05, 4.69) is 0 Å². The van der Waals surface area contributed by atoms with Crippen LogP contribution in [-0.2, 0) is 4.74 Å². The smallest absolute Gasteiger partial charge is 0.339 e. The van der Waals surface area contributed by atoms with Crippen LogP contribution in [0.4, 0.5) is 0 Å². The maximum absolute atomic E-state index is 11.4. The molecule has 0 saturated heterocycles.